The van der Waals surface area contributed by atoms with Crippen LogP contribution in [-0.4, -0.2) is 47.1 Å². The number of halogens is 2. The molecule has 2 heterocycles. The predicted molar refractivity (Wildman–Crippen MR) is 94.4 cm³/mol. The molecule has 1 atom stereocenters. The first kappa shape index (κ1) is 18.3. The molecule has 6 nitrogen and oxygen atoms in total. The normalized spacial score (nSPS) is 18.1. The van der Waals surface area contributed by atoms with Crippen molar-refractivity contribution in [3.05, 3.63) is 20.8 Å². The Kier molecular flexibility index (Phi) is 5.78. The fourth-order valence-corrected chi connectivity index (χ4v) is 3.01. The molecule has 23 heavy (non-hydrogen) atoms. The Morgan fingerprint density at radius 2 is 2.13 bits per heavy atom. The molecule has 0 saturated carbocycles. The van der Waals surface area contributed by atoms with Crippen LogP contribution in [0.15, 0.2) is 15.1 Å². The molecule has 1 aliphatic rings. The lowest BCUT2D eigenvalue weighted by atomic mass is 10.1. The standard InChI is InChI=1S/C15H21Br2N3O3/c1-15(2,3)23-14(22)20-5-4-9(8-20)7-18-13(21)11-6-10(16)12(17)19-11/h6,9,19H,4-5,7-8H2,1-3H3,(H,18,21). The molecule has 1 saturated heterocycles. The number of hydrogen-bond acceptors (Lipinski definition) is 3. The van der Waals surface area contributed by atoms with Crippen LogP contribution < -0.4 is 5.32 Å². The number of amides is 2. The molecule has 0 spiro atoms. The zero-order valence-corrected chi connectivity index (χ0v) is 16.6. The van der Waals surface area contributed by atoms with Gasteiger partial charge in [-0.1, -0.05) is 0 Å². The Labute approximate surface area is 152 Å². The Bertz CT molecular complexity index is 576. The highest BCUT2D eigenvalue weighted by Crippen LogP contribution is 2.23. The van der Waals surface area contributed by atoms with Gasteiger partial charge in [0.2, 0.25) is 0 Å². The summed E-state index contributed by atoms with van der Waals surface area (Å²) in [5.41, 5.74) is 0.00311. The number of carbonyl (C=O) groups is 2. The lowest BCUT2D eigenvalue weighted by Crippen LogP contribution is -2.36. The molecule has 0 aromatic carbocycles. The second kappa shape index (κ2) is 7.25. The molecule has 1 unspecified atom stereocenters. The topological polar surface area (TPSA) is 74.4 Å². The van der Waals surface area contributed by atoms with Crippen LogP contribution in [0.1, 0.15) is 37.7 Å². The third kappa shape index (κ3) is 5.24. The number of aromatic nitrogens is 1. The molecule has 2 N–H and O–H groups in total. The van der Waals surface area contributed by atoms with Crippen molar-refractivity contribution < 1.29 is 14.3 Å². The van der Waals surface area contributed by atoms with Crippen molar-refractivity contribution in [3.63, 3.8) is 0 Å². The highest BCUT2D eigenvalue weighted by Gasteiger charge is 2.30. The van der Waals surface area contributed by atoms with Gasteiger partial charge in [0.1, 0.15) is 11.3 Å². The van der Waals surface area contributed by atoms with E-state index < -0.39 is 5.60 Å². The number of rotatable bonds is 3. The minimum absolute atomic E-state index is 0.160. The second-order valence-electron chi connectivity index (χ2n) is 6.64. The van der Waals surface area contributed by atoms with E-state index in [9.17, 15) is 9.59 Å². The summed E-state index contributed by atoms with van der Waals surface area (Å²) in [7, 11) is 0. The molecular weight excluding hydrogens is 430 g/mol. The number of likely N-dealkylation sites (tertiary alicyclic amines) is 1. The molecule has 1 fully saturated rings. The summed E-state index contributed by atoms with van der Waals surface area (Å²) >= 11 is 6.64. The summed E-state index contributed by atoms with van der Waals surface area (Å²) < 4.78 is 6.91. The molecule has 0 radical (unpaired) electrons. The van der Waals surface area contributed by atoms with Gasteiger partial charge < -0.3 is 19.9 Å². The summed E-state index contributed by atoms with van der Waals surface area (Å²) in [6.45, 7) is 7.36. The van der Waals surface area contributed by atoms with Crippen LogP contribution in [0.2, 0.25) is 0 Å². The Hall–Kier alpha value is -1.02. The predicted octanol–water partition coefficient (Wildman–Crippen LogP) is 3.53. The van der Waals surface area contributed by atoms with Gasteiger partial charge >= 0.3 is 6.09 Å². The highest BCUT2D eigenvalue weighted by atomic mass is 79.9. The quantitative estimate of drug-likeness (QED) is 0.739. The lowest BCUT2D eigenvalue weighted by molar-refractivity contribution is 0.0288. The van der Waals surface area contributed by atoms with E-state index in [1.807, 2.05) is 20.8 Å². The van der Waals surface area contributed by atoms with Gasteiger partial charge in [-0.3, -0.25) is 4.79 Å². The smallest absolute Gasteiger partial charge is 0.410 e. The summed E-state index contributed by atoms with van der Waals surface area (Å²) in [4.78, 5) is 28.7. The van der Waals surface area contributed by atoms with Crippen LogP contribution in [0.4, 0.5) is 4.79 Å². The summed E-state index contributed by atoms with van der Waals surface area (Å²) in [6, 6.07) is 1.72. The van der Waals surface area contributed by atoms with Gasteiger partial charge in [-0.05, 0) is 71.0 Å². The van der Waals surface area contributed by atoms with Crippen molar-refractivity contribution >= 4 is 43.9 Å². The minimum atomic E-state index is -0.488. The molecule has 1 aromatic heterocycles. The van der Waals surface area contributed by atoms with Gasteiger partial charge in [0.25, 0.3) is 5.91 Å². The molecular formula is C15H21Br2N3O3. The molecule has 2 rings (SSSR count). The average molecular weight is 451 g/mol. The highest BCUT2D eigenvalue weighted by molar-refractivity contribution is 9.13. The summed E-state index contributed by atoms with van der Waals surface area (Å²) in [6.07, 6.45) is 0.570. The maximum absolute atomic E-state index is 12.1. The molecule has 1 aromatic rings. The number of hydrogen-bond donors (Lipinski definition) is 2. The third-order valence-corrected chi connectivity index (χ3v) is 5.24. The fourth-order valence-electron chi connectivity index (χ4n) is 2.35. The van der Waals surface area contributed by atoms with Crippen molar-refractivity contribution in [2.75, 3.05) is 19.6 Å². The molecule has 8 heteroatoms. The van der Waals surface area contributed by atoms with E-state index in [0.29, 0.717) is 25.3 Å². The van der Waals surface area contributed by atoms with E-state index in [2.05, 4.69) is 42.2 Å². The third-order valence-electron chi connectivity index (χ3n) is 3.46. The van der Waals surface area contributed by atoms with Crippen molar-refractivity contribution in [1.82, 2.24) is 15.2 Å². The summed E-state index contributed by atoms with van der Waals surface area (Å²) in [5, 5.41) is 2.90. The first-order chi connectivity index (χ1) is 10.7. The maximum atomic E-state index is 12.1. The van der Waals surface area contributed by atoms with Crippen molar-refractivity contribution in [3.8, 4) is 0 Å². The Morgan fingerprint density at radius 1 is 1.43 bits per heavy atom. The van der Waals surface area contributed by atoms with Gasteiger partial charge in [0.15, 0.2) is 0 Å². The number of H-pyrrole nitrogens is 1. The van der Waals surface area contributed by atoms with Gasteiger partial charge in [-0.2, -0.15) is 0 Å². The van der Waals surface area contributed by atoms with Gasteiger partial charge in [0.05, 0.1) is 9.08 Å². The lowest BCUT2D eigenvalue weighted by Gasteiger charge is -2.24. The fraction of sp³-hybridized carbons (Fsp3) is 0.600. The van der Waals surface area contributed by atoms with Crippen LogP contribution in [0.25, 0.3) is 0 Å². The van der Waals surface area contributed by atoms with Crippen molar-refractivity contribution in [2.45, 2.75) is 32.8 Å². The van der Waals surface area contributed by atoms with Gasteiger partial charge in [0, 0.05) is 19.6 Å². The largest absolute Gasteiger partial charge is 0.444 e. The Morgan fingerprint density at radius 3 is 2.70 bits per heavy atom. The molecule has 0 bridgehead atoms. The first-order valence-electron chi connectivity index (χ1n) is 7.46. The van der Waals surface area contributed by atoms with E-state index in [1.165, 1.54) is 0 Å². The van der Waals surface area contributed by atoms with Crippen LogP contribution >= 0.6 is 31.9 Å². The van der Waals surface area contributed by atoms with Crippen molar-refractivity contribution in [1.29, 1.82) is 0 Å². The van der Waals surface area contributed by atoms with E-state index in [1.54, 1.807) is 11.0 Å². The second-order valence-corrected chi connectivity index (χ2v) is 8.28. The number of aromatic amines is 1. The van der Waals surface area contributed by atoms with Crippen molar-refractivity contribution in [2.24, 2.45) is 5.92 Å². The van der Waals surface area contributed by atoms with Crippen LogP contribution in [0, 0.1) is 5.92 Å². The van der Waals surface area contributed by atoms with E-state index in [4.69, 9.17) is 4.74 Å². The van der Waals surface area contributed by atoms with Crippen LogP contribution in [0.3, 0.4) is 0 Å². The molecule has 128 valence electrons. The molecule has 1 aliphatic heterocycles. The SMILES string of the molecule is CC(C)(C)OC(=O)N1CCC(CNC(=O)c2cc(Br)c(Br)[nH]2)C1. The maximum Gasteiger partial charge on any atom is 0.410 e. The summed E-state index contributed by atoms with van der Waals surface area (Å²) in [5.74, 6) is 0.0837. The number of carbonyl (C=O) groups excluding carboxylic acids is 2. The number of nitrogens with zero attached hydrogens (tertiary/aromatic N) is 1. The minimum Gasteiger partial charge on any atom is -0.444 e. The number of nitrogens with one attached hydrogen (secondary N) is 2. The zero-order valence-electron chi connectivity index (χ0n) is 13.4. The Balaban J connectivity index is 1.79. The molecule has 2 amide bonds. The van der Waals surface area contributed by atoms with E-state index >= 15 is 0 Å². The molecule has 0 aliphatic carbocycles. The zero-order chi connectivity index (χ0) is 17.2. The van der Waals surface area contributed by atoms with Crippen LogP contribution in [0.5, 0.6) is 0 Å². The van der Waals surface area contributed by atoms with Crippen LogP contribution in [-0.2, 0) is 4.74 Å². The van der Waals surface area contributed by atoms with E-state index in [0.717, 1.165) is 15.5 Å². The van der Waals surface area contributed by atoms with Gasteiger partial charge in [-0.15, -0.1) is 0 Å². The number of ether oxygens (including phenoxy) is 1. The van der Waals surface area contributed by atoms with E-state index in [-0.39, 0.29) is 17.9 Å². The monoisotopic (exact) mass is 449 g/mol. The first-order valence-corrected chi connectivity index (χ1v) is 9.04. The van der Waals surface area contributed by atoms with Gasteiger partial charge in [-0.25, -0.2) is 4.79 Å². The average Bonchev–Trinajstić information content (AvgIpc) is 3.02.